The molecule has 92 valence electrons. The van der Waals surface area contributed by atoms with Crippen LogP contribution in [0.4, 0.5) is 0 Å². The van der Waals surface area contributed by atoms with Crippen LogP contribution in [0.2, 0.25) is 7.44 Å². The Hall–Kier alpha value is 0.634. The fourth-order valence-corrected chi connectivity index (χ4v) is 5.32. The van der Waals surface area contributed by atoms with Crippen molar-refractivity contribution in [3.8, 4) is 0 Å². The van der Waals surface area contributed by atoms with Crippen molar-refractivity contribution in [1.82, 2.24) is 0 Å². The molecular formula is C14H18Br2Ti. The molecule has 0 spiro atoms. The van der Waals surface area contributed by atoms with Gasteiger partial charge >= 0.3 is 102 Å². The van der Waals surface area contributed by atoms with E-state index in [2.05, 4.69) is 64.2 Å². The molecule has 0 saturated carbocycles. The molecule has 0 saturated heterocycles. The maximum Gasteiger partial charge on any atom is -1.00 e. The zero-order valence-electron chi connectivity index (χ0n) is 10.7. The van der Waals surface area contributed by atoms with Gasteiger partial charge in [0, 0.05) is 0 Å². The Bertz CT molecular complexity index is 368. The van der Waals surface area contributed by atoms with E-state index in [0.29, 0.717) is 7.44 Å². The molecule has 0 nitrogen and oxygen atoms in total. The summed E-state index contributed by atoms with van der Waals surface area (Å²) in [4.78, 5) is 0. The van der Waals surface area contributed by atoms with Gasteiger partial charge in [-0.25, -0.2) is 0 Å². The number of allylic oxidation sites excluding steroid dienone is 8. The Labute approximate surface area is 135 Å². The van der Waals surface area contributed by atoms with Gasteiger partial charge in [-0.2, -0.15) is 0 Å². The standard InChI is InChI=1S/2C7H9.2BrH.Ti/c2*1-6-4-3-5-7(6)2;;;/h2*3-5H,1-2H3;2*1H;/q;;;;+2/p-2. The molecule has 2 unspecified atom stereocenters. The van der Waals surface area contributed by atoms with E-state index in [1.165, 1.54) is 11.1 Å². The molecule has 3 heteroatoms. The summed E-state index contributed by atoms with van der Waals surface area (Å²) in [5, 5.41) is 0. The minimum absolute atomic E-state index is 0. The molecule has 2 aliphatic rings. The van der Waals surface area contributed by atoms with Gasteiger partial charge in [-0.15, -0.1) is 0 Å². The Kier molecular flexibility index (Phi) is 6.42. The SMILES string of the molecule is CC1=CC=C[C]1(C)[Ti+2][C]1(C)C=CC=C1C.[Br-].[Br-]. The average molecular weight is 394 g/mol. The first-order valence-electron chi connectivity index (χ1n) is 5.49. The van der Waals surface area contributed by atoms with E-state index >= 15 is 0 Å². The summed E-state index contributed by atoms with van der Waals surface area (Å²) < 4.78 is 0.747. The van der Waals surface area contributed by atoms with Crippen LogP contribution in [-0.4, -0.2) is 0 Å². The molecule has 0 radical (unpaired) electrons. The Balaban J connectivity index is 0.00000128. The average Bonchev–Trinajstić information content (AvgIpc) is 2.61. The van der Waals surface area contributed by atoms with Crippen molar-refractivity contribution in [3.05, 3.63) is 47.6 Å². The molecular weight excluding hydrogens is 376 g/mol. The quantitative estimate of drug-likeness (QED) is 0.499. The van der Waals surface area contributed by atoms with Crippen LogP contribution in [-0.2, 0) is 19.2 Å². The van der Waals surface area contributed by atoms with E-state index in [9.17, 15) is 0 Å². The van der Waals surface area contributed by atoms with E-state index < -0.39 is 0 Å². The molecule has 0 bridgehead atoms. The maximum absolute atomic E-state index is 2.40. The van der Waals surface area contributed by atoms with Crippen LogP contribution in [0.5, 0.6) is 0 Å². The van der Waals surface area contributed by atoms with Crippen LogP contribution in [0.25, 0.3) is 0 Å². The topological polar surface area (TPSA) is 0 Å². The monoisotopic (exact) mass is 392 g/mol. The minimum atomic E-state index is -0.0926. The second-order valence-corrected chi connectivity index (χ2v) is 8.58. The van der Waals surface area contributed by atoms with Crippen molar-refractivity contribution in [2.45, 2.75) is 35.1 Å². The van der Waals surface area contributed by atoms with Gasteiger partial charge in [-0.1, -0.05) is 0 Å². The third kappa shape index (κ3) is 3.35. The summed E-state index contributed by atoms with van der Waals surface area (Å²) in [6, 6.07) is 0. The second-order valence-electron chi connectivity index (χ2n) is 4.95. The van der Waals surface area contributed by atoms with Crippen LogP contribution in [0.15, 0.2) is 47.6 Å². The molecule has 2 atom stereocenters. The first-order chi connectivity index (χ1) is 6.96. The van der Waals surface area contributed by atoms with E-state index in [-0.39, 0.29) is 53.1 Å². The molecule has 0 fully saturated rings. The molecule has 0 aliphatic heterocycles. The fraction of sp³-hybridized carbons (Fsp3) is 0.429. The molecule has 17 heavy (non-hydrogen) atoms. The van der Waals surface area contributed by atoms with E-state index in [4.69, 9.17) is 0 Å². The summed E-state index contributed by atoms with van der Waals surface area (Å²) in [5.74, 6) is 0. The first-order valence-corrected chi connectivity index (χ1v) is 7.05. The predicted molar refractivity (Wildman–Crippen MR) is 62.5 cm³/mol. The minimum Gasteiger partial charge on any atom is -1.00 e. The van der Waals surface area contributed by atoms with Gasteiger partial charge in [-0.3, -0.25) is 0 Å². The van der Waals surface area contributed by atoms with Crippen LogP contribution in [0.3, 0.4) is 0 Å². The summed E-state index contributed by atoms with van der Waals surface area (Å²) in [6.45, 7) is 9.33. The fourth-order valence-electron chi connectivity index (χ4n) is 2.20. The van der Waals surface area contributed by atoms with Crippen molar-refractivity contribution in [2.75, 3.05) is 0 Å². The van der Waals surface area contributed by atoms with E-state index in [1.54, 1.807) is 0 Å². The van der Waals surface area contributed by atoms with E-state index in [0.717, 1.165) is 0 Å². The summed E-state index contributed by atoms with van der Waals surface area (Å²) in [7, 11) is 0. The van der Waals surface area contributed by atoms with Gasteiger partial charge in [-0.05, 0) is 0 Å². The molecule has 0 aromatic heterocycles. The summed E-state index contributed by atoms with van der Waals surface area (Å²) >= 11 is -0.0926. The van der Waals surface area contributed by atoms with Crippen LogP contribution in [0.1, 0.15) is 27.7 Å². The van der Waals surface area contributed by atoms with E-state index in [1.807, 2.05) is 0 Å². The van der Waals surface area contributed by atoms with Gasteiger partial charge in [0.2, 0.25) is 0 Å². The van der Waals surface area contributed by atoms with Crippen LogP contribution in [0, 0.1) is 0 Å². The van der Waals surface area contributed by atoms with Crippen molar-refractivity contribution in [3.63, 3.8) is 0 Å². The molecule has 2 rings (SSSR count). The number of hydrogen-bond acceptors (Lipinski definition) is 0. The van der Waals surface area contributed by atoms with Crippen molar-refractivity contribution < 1.29 is 53.1 Å². The number of halogens is 2. The first kappa shape index (κ1) is 17.6. The van der Waals surface area contributed by atoms with Crippen molar-refractivity contribution in [2.24, 2.45) is 0 Å². The Morgan fingerprint density at radius 3 is 1.41 bits per heavy atom. The number of hydrogen-bond donors (Lipinski definition) is 0. The maximum atomic E-state index is 2.40. The third-order valence-corrected chi connectivity index (χ3v) is 7.08. The smallest absolute Gasteiger partial charge is 1.00 e. The zero-order chi connectivity index (χ0) is 11.1. The molecule has 0 heterocycles. The van der Waals surface area contributed by atoms with Gasteiger partial charge in [0.15, 0.2) is 0 Å². The predicted octanol–water partition coefficient (Wildman–Crippen LogP) is -1.53. The van der Waals surface area contributed by atoms with Crippen molar-refractivity contribution in [1.29, 1.82) is 0 Å². The Morgan fingerprint density at radius 1 is 0.824 bits per heavy atom. The largest absolute Gasteiger partial charge is 1.00 e. The van der Waals surface area contributed by atoms with Gasteiger partial charge in [0.1, 0.15) is 0 Å². The summed E-state index contributed by atoms with van der Waals surface area (Å²) in [6.07, 6.45) is 13.8. The summed E-state index contributed by atoms with van der Waals surface area (Å²) in [5.41, 5.74) is 3.08. The molecule has 0 aromatic rings. The molecule has 0 aromatic carbocycles. The van der Waals surface area contributed by atoms with Crippen LogP contribution < -0.4 is 34.0 Å². The zero-order valence-corrected chi connectivity index (χ0v) is 15.5. The van der Waals surface area contributed by atoms with Crippen LogP contribution >= 0.6 is 0 Å². The van der Waals surface area contributed by atoms with Gasteiger partial charge < -0.3 is 34.0 Å². The third-order valence-electron chi connectivity index (χ3n) is 3.71. The molecule has 2 aliphatic carbocycles. The normalized spacial score (nSPS) is 33.4. The molecule has 0 N–H and O–H groups in total. The molecule has 0 amide bonds. The van der Waals surface area contributed by atoms with Gasteiger partial charge in [0.05, 0.1) is 0 Å². The van der Waals surface area contributed by atoms with Gasteiger partial charge in [0.25, 0.3) is 0 Å². The Morgan fingerprint density at radius 2 is 1.18 bits per heavy atom. The van der Waals surface area contributed by atoms with Crippen molar-refractivity contribution >= 4 is 0 Å². The number of rotatable bonds is 2. The second kappa shape index (κ2) is 6.19.